The van der Waals surface area contributed by atoms with Crippen LogP contribution < -0.4 is 4.74 Å². The van der Waals surface area contributed by atoms with Crippen LogP contribution in [0.1, 0.15) is 24.7 Å². The average molecular weight is 244 g/mol. The van der Waals surface area contributed by atoms with Crippen LogP contribution in [0.4, 0.5) is 0 Å². The fraction of sp³-hybridized carbons (Fsp3) is 0.583. The number of pyridine rings is 1. The predicted molar refractivity (Wildman–Crippen MR) is 65.1 cm³/mol. The van der Waals surface area contributed by atoms with E-state index in [-0.39, 0.29) is 0 Å². The Labute approximate surface area is 102 Å². The first-order valence-corrected chi connectivity index (χ1v) is 6.04. The van der Waals surface area contributed by atoms with Crippen LogP contribution in [0.2, 0.25) is 0 Å². The van der Waals surface area contributed by atoms with E-state index in [0.29, 0.717) is 12.5 Å². The molecule has 0 bridgehead atoms. The molecule has 0 amide bonds. The van der Waals surface area contributed by atoms with Crippen molar-refractivity contribution in [3.05, 3.63) is 23.5 Å². The lowest BCUT2D eigenvalue weighted by atomic mass is 10.3. The van der Waals surface area contributed by atoms with E-state index >= 15 is 0 Å². The van der Waals surface area contributed by atoms with Gasteiger partial charge in [0.2, 0.25) is 0 Å². The molecular formula is C12H18ClNO2. The van der Waals surface area contributed by atoms with Crippen LogP contribution >= 0.6 is 11.6 Å². The minimum atomic E-state index is 0.377. The summed E-state index contributed by atoms with van der Waals surface area (Å²) in [5.41, 5.74) is 1.76. The van der Waals surface area contributed by atoms with Gasteiger partial charge in [0.25, 0.3) is 0 Å². The van der Waals surface area contributed by atoms with Crippen LogP contribution in [0.5, 0.6) is 5.75 Å². The highest BCUT2D eigenvalue weighted by Gasteiger charge is 2.04. The van der Waals surface area contributed by atoms with Gasteiger partial charge in [0, 0.05) is 25.3 Å². The molecule has 1 aromatic rings. The second kappa shape index (κ2) is 7.47. The molecule has 0 atom stereocenters. The van der Waals surface area contributed by atoms with E-state index in [1.807, 2.05) is 26.0 Å². The largest absolute Gasteiger partial charge is 0.492 e. The number of hydrogen-bond acceptors (Lipinski definition) is 3. The van der Waals surface area contributed by atoms with E-state index < -0.39 is 0 Å². The molecule has 3 nitrogen and oxygen atoms in total. The van der Waals surface area contributed by atoms with Gasteiger partial charge in [0.1, 0.15) is 5.75 Å². The zero-order valence-electron chi connectivity index (χ0n) is 9.83. The number of alkyl halides is 1. The quantitative estimate of drug-likeness (QED) is 0.545. The molecule has 0 spiro atoms. The maximum Gasteiger partial charge on any atom is 0.142 e. The lowest BCUT2D eigenvalue weighted by Crippen LogP contribution is -2.05. The van der Waals surface area contributed by atoms with Crippen LogP contribution in [0.15, 0.2) is 12.1 Å². The van der Waals surface area contributed by atoms with Crippen molar-refractivity contribution < 1.29 is 9.47 Å². The Kier molecular flexibility index (Phi) is 6.19. The second-order valence-corrected chi connectivity index (χ2v) is 3.70. The minimum Gasteiger partial charge on any atom is -0.492 e. The highest BCUT2D eigenvalue weighted by Crippen LogP contribution is 2.18. The molecule has 0 aromatic carbocycles. The van der Waals surface area contributed by atoms with Crippen molar-refractivity contribution in [2.24, 2.45) is 0 Å². The first kappa shape index (κ1) is 13.3. The van der Waals surface area contributed by atoms with Crippen molar-refractivity contribution in [1.82, 2.24) is 4.98 Å². The molecular weight excluding hydrogens is 226 g/mol. The van der Waals surface area contributed by atoms with Gasteiger partial charge in [0.05, 0.1) is 18.2 Å². The van der Waals surface area contributed by atoms with Crippen LogP contribution in [-0.4, -0.2) is 24.8 Å². The standard InChI is InChI=1S/C12H18ClNO2/c1-3-15-7-4-8-16-12-6-5-10(2)14-11(12)9-13/h5-6H,3-4,7-9H2,1-2H3. The molecule has 1 aromatic heterocycles. The summed E-state index contributed by atoms with van der Waals surface area (Å²) >= 11 is 5.80. The van der Waals surface area contributed by atoms with Crippen LogP contribution in [-0.2, 0) is 10.6 Å². The number of nitrogens with zero attached hydrogens (tertiary/aromatic N) is 1. The third-order valence-electron chi connectivity index (χ3n) is 2.09. The molecule has 90 valence electrons. The summed E-state index contributed by atoms with van der Waals surface area (Å²) in [5.74, 6) is 1.15. The van der Waals surface area contributed by atoms with E-state index in [1.54, 1.807) is 0 Å². The SMILES string of the molecule is CCOCCCOc1ccc(C)nc1CCl. The van der Waals surface area contributed by atoms with Gasteiger partial charge in [-0.15, -0.1) is 11.6 Å². The molecule has 1 rings (SSSR count). The Bertz CT molecular complexity index is 318. The number of rotatable bonds is 7. The highest BCUT2D eigenvalue weighted by molar-refractivity contribution is 6.17. The summed E-state index contributed by atoms with van der Waals surface area (Å²) < 4.78 is 10.8. The smallest absolute Gasteiger partial charge is 0.142 e. The maximum atomic E-state index is 5.80. The molecule has 0 unspecified atom stereocenters. The lowest BCUT2D eigenvalue weighted by Gasteiger charge is -2.09. The van der Waals surface area contributed by atoms with E-state index in [2.05, 4.69) is 4.98 Å². The Morgan fingerprint density at radius 3 is 2.81 bits per heavy atom. The molecule has 0 aliphatic carbocycles. The van der Waals surface area contributed by atoms with Gasteiger partial charge >= 0.3 is 0 Å². The van der Waals surface area contributed by atoms with Crippen molar-refractivity contribution in [2.75, 3.05) is 19.8 Å². The van der Waals surface area contributed by atoms with E-state index in [1.165, 1.54) is 0 Å². The average Bonchev–Trinajstić information content (AvgIpc) is 2.30. The Balaban J connectivity index is 2.41. The molecule has 1 heterocycles. The maximum absolute atomic E-state index is 5.80. The molecule has 0 saturated heterocycles. The number of aromatic nitrogens is 1. The van der Waals surface area contributed by atoms with E-state index in [4.69, 9.17) is 21.1 Å². The molecule has 0 saturated carbocycles. The first-order valence-electron chi connectivity index (χ1n) is 5.51. The van der Waals surface area contributed by atoms with Crippen molar-refractivity contribution in [3.63, 3.8) is 0 Å². The van der Waals surface area contributed by atoms with Gasteiger partial charge in [-0.3, -0.25) is 4.98 Å². The van der Waals surface area contributed by atoms with Gasteiger partial charge in [0.15, 0.2) is 0 Å². The zero-order valence-corrected chi connectivity index (χ0v) is 10.6. The molecule has 16 heavy (non-hydrogen) atoms. The van der Waals surface area contributed by atoms with Crippen molar-refractivity contribution >= 4 is 11.6 Å². The second-order valence-electron chi connectivity index (χ2n) is 3.43. The third-order valence-corrected chi connectivity index (χ3v) is 2.35. The first-order chi connectivity index (χ1) is 7.77. The van der Waals surface area contributed by atoms with Crippen molar-refractivity contribution in [3.8, 4) is 5.75 Å². The predicted octanol–water partition coefficient (Wildman–Crippen LogP) is 2.93. The Morgan fingerprint density at radius 1 is 1.31 bits per heavy atom. The number of halogens is 1. The molecule has 0 N–H and O–H groups in total. The zero-order chi connectivity index (χ0) is 11.8. The number of hydrogen-bond donors (Lipinski definition) is 0. The number of ether oxygens (including phenoxy) is 2. The van der Waals surface area contributed by atoms with Gasteiger partial charge < -0.3 is 9.47 Å². The van der Waals surface area contributed by atoms with Gasteiger partial charge in [-0.2, -0.15) is 0 Å². The summed E-state index contributed by atoms with van der Waals surface area (Å²) in [5, 5.41) is 0. The summed E-state index contributed by atoms with van der Waals surface area (Å²) in [4.78, 5) is 4.32. The van der Waals surface area contributed by atoms with Crippen LogP contribution in [0.3, 0.4) is 0 Å². The van der Waals surface area contributed by atoms with Crippen LogP contribution in [0, 0.1) is 6.92 Å². The van der Waals surface area contributed by atoms with Crippen LogP contribution in [0.25, 0.3) is 0 Å². The molecule has 0 radical (unpaired) electrons. The summed E-state index contributed by atoms with van der Waals surface area (Å²) in [7, 11) is 0. The Morgan fingerprint density at radius 2 is 2.12 bits per heavy atom. The lowest BCUT2D eigenvalue weighted by molar-refractivity contribution is 0.130. The fourth-order valence-electron chi connectivity index (χ4n) is 1.31. The van der Waals surface area contributed by atoms with E-state index in [9.17, 15) is 0 Å². The highest BCUT2D eigenvalue weighted by atomic mass is 35.5. The molecule has 0 aliphatic heterocycles. The van der Waals surface area contributed by atoms with Gasteiger partial charge in [-0.05, 0) is 26.0 Å². The van der Waals surface area contributed by atoms with Crippen molar-refractivity contribution in [1.29, 1.82) is 0 Å². The van der Waals surface area contributed by atoms with Gasteiger partial charge in [-0.1, -0.05) is 0 Å². The van der Waals surface area contributed by atoms with E-state index in [0.717, 1.165) is 36.8 Å². The fourth-order valence-corrected chi connectivity index (χ4v) is 1.50. The molecule has 0 aliphatic rings. The Hall–Kier alpha value is -0.800. The third kappa shape index (κ3) is 4.37. The molecule has 4 heteroatoms. The summed E-state index contributed by atoms with van der Waals surface area (Å²) in [6, 6.07) is 3.84. The topological polar surface area (TPSA) is 31.4 Å². The number of aryl methyl sites for hydroxylation is 1. The van der Waals surface area contributed by atoms with Crippen molar-refractivity contribution in [2.45, 2.75) is 26.1 Å². The minimum absolute atomic E-state index is 0.377. The summed E-state index contributed by atoms with van der Waals surface area (Å²) in [6.45, 7) is 6.03. The summed E-state index contributed by atoms with van der Waals surface area (Å²) in [6.07, 6.45) is 0.878. The normalized spacial score (nSPS) is 10.4. The van der Waals surface area contributed by atoms with Gasteiger partial charge in [-0.25, -0.2) is 0 Å². The monoisotopic (exact) mass is 243 g/mol. The molecule has 0 fully saturated rings.